The van der Waals surface area contributed by atoms with Crippen molar-refractivity contribution >= 4 is 18.5 Å². The van der Waals surface area contributed by atoms with E-state index >= 15 is 0 Å². The van der Waals surface area contributed by atoms with Gasteiger partial charge in [-0.3, -0.25) is 4.79 Å². The van der Waals surface area contributed by atoms with Gasteiger partial charge in [-0.1, -0.05) is 26.2 Å². The van der Waals surface area contributed by atoms with E-state index in [0.717, 1.165) is 52.1 Å². The molecule has 1 aliphatic rings. The maximum absolute atomic E-state index is 11.8. The molecule has 1 rings (SSSR count). The van der Waals surface area contributed by atoms with Gasteiger partial charge in [0.05, 0.1) is 0 Å². The Bertz CT molecular complexity index is 258. The summed E-state index contributed by atoms with van der Waals surface area (Å²) >= 11 is 4.49. The molecule has 20 heavy (non-hydrogen) atoms. The first-order valence-corrected chi connectivity index (χ1v) is 8.62. The molecule has 0 bridgehead atoms. The molecule has 0 saturated carbocycles. The van der Waals surface area contributed by atoms with E-state index < -0.39 is 0 Å². The third-order valence-electron chi connectivity index (χ3n) is 3.74. The summed E-state index contributed by atoms with van der Waals surface area (Å²) in [7, 11) is 0. The number of thiol groups is 1. The summed E-state index contributed by atoms with van der Waals surface area (Å²) in [6.07, 6.45) is 6.29. The highest BCUT2D eigenvalue weighted by atomic mass is 32.1. The second-order valence-corrected chi connectivity index (χ2v) is 6.38. The van der Waals surface area contributed by atoms with Crippen LogP contribution in [0, 0.1) is 0 Å². The van der Waals surface area contributed by atoms with Gasteiger partial charge in [-0.15, -0.1) is 0 Å². The van der Waals surface area contributed by atoms with E-state index in [1.807, 2.05) is 0 Å². The molecule has 1 fully saturated rings. The number of rotatable bonds is 10. The van der Waals surface area contributed by atoms with Crippen molar-refractivity contribution in [1.29, 1.82) is 0 Å². The number of nitrogens with one attached hydrogen (secondary N) is 2. The van der Waals surface area contributed by atoms with Crippen LogP contribution in [0.2, 0.25) is 0 Å². The van der Waals surface area contributed by atoms with Crippen LogP contribution in [0.25, 0.3) is 0 Å². The molecule has 0 aromatic carbocycles. The quantitative estimate of drug-likeness (QED) is 0.425. The van der Waals surface area contributed by atoms with E-state index in [4.69, 9.17) is 0 Å². The van der Waals surface area contributed by atoms with Gasteiger partial charge in [-0.25, -0.2) is 0 Å². The Morgan fingerprint density at radius 1 is 1.30 bits per heavy atom. The second kappa shape index (κ2) is 11.4. The predicted octanol–water partition coefficient (Wildman–Crippen LogP) is 1.67. The molecule has 1 amide bonds. The highest BCUT2D eigenvalue weighted by Crippen LogP contribution is 2.11. The third kappa shape index (κ3) is 8.82. The molecule has 1 atom stereocenters. The standard InChI is InChI=1S/C15H31N3OS/c1-2-3-4-6-14(20)13-15(19)17-7-5-10-18-11-8-16-9-12-18/h14,16,20H,2-13H2,1H3,(H,17,19). The maximum atomic E-state index is 11.8. The fourth-order valence-corrected chi connectivity index (χ4v) is 2.83. The van der Waals surface area contributed by atoms with Gasteiger partial charge >= 0.3 is 0 Å². The number of carbonyl (C=O) groups is 1. The summed E-state index contributed by atoms with van der Waals surface area (Å²) in [4.78, 5) is 14.2. The Kier molecular flexibility index (Phi) is 10.1. The first-order valence-electron chi connectivity index (χ1n) is 8.10. The lowest BCUT2D eigenvalue weighted by molar-refractivity contribution is -0.121. The molecule has 1 aliphatic heterocycles. The van der Waals surface area contributed by atoms with Gasteiger partial charge in [-0.2, -0.15) is 12.6 Å². The molecule has 1 heterocycles. The van der Waals surface area contributed by atoms with Crippen molar-refractivity contribution in [2.75, 3.05) is 39.3 Å². The number of carbonyl (C=O) groups excluding carboxylic acids is 1. The third-order valence-corrected chi connectivity index (χ3v) is 4.19. The average Bonchev–Trinajstić information content (AvgIpc) is 2.45. The van der Waals surface area contributed by atoms with Crippen molar-refractivity contribution in [2.24, 2.45) is 0 Å². The zero-order chi connectivity index (χ0) is 14.6. The lowest BCUT2D eigenvalue weighted by Crippen LogP contribution is -2.44. The van der Waals surface area contributed by atoms with Gasteiger partial charge in [0.1, 0.15) is 0 Å². The van der Waals surface area contributed by atoms with E-state index in [1.54, 1.807) is 0 Å². The molecular weight excluding hydrogens is 270 g/mol. The van der Waals surface area contributed by atoms with Gasteiger partial charge in [0.15, 0.2) is 0 Å². The summed E-state index contributed by atoms with van der Waals surface area (Å²) < 4.78 is 0. The summed E-state index contributed by atoms with van der Waals surface area (Å²) in [6.45, 7) is 8.50. The van der Waals surface area contributed by atoms with E-state index in [9.17, 15) is 4.79 Å². The molecule has 1 unspecified atom stereocenters. The highest BCUT2D eigenvalue weighted by molar-refractivity contribution is 7.81. The Balaban J connectivity index is 1.96. The number of unbranched alkanes of at least 4 members (excludes halogenated alkanes) is 2. The number of hydrogen-bond donors (Lipinski definition) is 3. The van der Waals surface area contributed by atoms with E-state index in [2.05, 4.69) is 35.1 Å². The Morgan fingerprint density at radius 2 is 2.05 bits per heavy atom. The highest BCUT2D eigenvalue weighted by Gasteiger charge is 2.10. The summed E-state index contributed by atoms with van der Waals surface area (Å²) in [5.74, 6) is 0.154. The van der Waals surface area contributed by atoms with Gasteiger partial charge in [-0.05, 0) is 19.4 Å². The van der Waals surface area contributed by atoms with Gasteiger partial charge < -0.3 is 15.5 Å². The minimum atomic E-state index is 0.154. The molecule has 118 valence electrons. The Hall–Kier alpha value is -0.260. The summed E-state index contributed by atoms with van der Waals surface area (Å²) in [5.41, 5.74) is 0. The van der Waals surface area contributed by atoms with Crippen molar-refractivity contribution in [3.05, 3.63) is 0 Å². The van der Waals surface area contributed by atoms with Crippen LogP contribution >= 0.6 is 12.6 Å². The Morgan fingerprint density at radius 3 is 2.75 bits per heavy atom. The number of nitrogens with zero attached hydrogens (tertiary/aromatic N) is 1. The lowest BCUT2D eigenvalue weighted by atomic mass is 10.1. The van der Waals surface area contributed by atoms with Crippen LogP contribution in [-0.2, 0) is 4.79 Å². The first kappa shape index (κ1) is 17.8. The van der Waals surface area contributed by atoms with Crippen LogP contribution in [0.15, 0.2) is 0 Å². The average molecular weight is 302 g/mol. The number of hydrogen-bond acceptors (Lipinski definition) is 4. The molecule has 5 heteroatoms. The van der Waals surface area contributed by atoms with Crippen molar-refractivity contribution in [3.8, 4) is 0 Å². The van der Waals surface area contributed by atoms with Crippen LogP contribution in [0.3, 0.4) is 0 Å². The zero-order valence-electron chi connectivity index (χ0n) is 12.9. The fraction of sp³-hybridized carbons (Fsp3) is 0.933. The minimum Gasteiger partial charge on any atom is -0.356 e. The van der Waals surface area contributed by atoms with Crippen molar-refractivity contribution < 1.29 is 4.79 Å². The van der Waals surface area contributed by atoms with Gasteiger partial charge in [0.25, 0.3) is 0 Å². The SMILES string of the molecule is CCCCCC(S)CC(=O)NCCCN1CCNCC1. The van der Waals surface area contributed by atoms with Crippen LogP contribution < -0.4 is 10.6 Å². The lowest BCUT2D eigenvalue weighted by Gasteiger charge is -2.27. The van der Waals surface area contributed by atoms with Crippen LogP contribution in [0.5, 0.6) is 0 Å². The zero-order valence-corrected chi connectivity index (χ0v) is 13.8. The monoisotopic (exact) mass is 301 g/mol. The van der Waals surface area contributed by atoms with Crippen LogP contribution in [0.4, 0.5) is 0 Å². The number of piperazine rings is 1. The fourth-order valence-electron chi connectivity index (χ4n) is 2.48. The molecule has 0 radical (unpaired) electrons. The van der Waals surface area contributed by atoms with E-state index in [-0.39, 0.29) is 11.2 Å². The first-order chi connectivity index (χ1) is 9.72. The van der Waals surface area contributed by atoms with Gasteiger partial charge in [0, 0.05) is 44.4 Å². The van der Waals surface area contributed by atoms with Crippen molar-refractivity contribution in [1.82, 2.24) is 15.5 Å². The molecule has 0 aliphatic carbocycles. The largest absolute Gasteiger partial charge is 0.356 e. The molecule has 0 aromatic heterocycles. The smallest absolute Gasteiger partial charge is 0.221 e. The molecular formula is C15H31N3OS. The molecule has 0 spiro atoms. The molecule has 2 N–H and O–H groups in total. The normalized spacial score (nSPS) is 17.9. The van der Waals surface area contributed by atoms with Crippen molar-refractivity contribution in [3.63, 3.8) is 0 Å². The van der Waals surface area contributed by atoms with Crippen LogP contribution in [-0.4, -0.2) is 55.3 Å². The molecule has 1 saturated heterocycles. The molecule has 4 nitrogen and oxygen atoms in total. The Labute approximate surface area is 129 Å². The van der Waals surface area contributed by atoms with Gasteiger partial charge in [0.2, 0.25) is 5.91 Å². The predicted molar refractivity (Wildman–Crippen MR) is 88.5 cm³/mol. The molecule has 0 aromatic rings. The summed E-state index contributed by atoms with van der Waals surface area (Å²) in [6, 6.07) is 0. The minimum absolute atomic E-state index is 0.154. The van der Waals surface area contributed by atoms with E-state index in [1.165, 1.54) is 19.3 Å². The second-order valence-electron chi connectivity index (χ2n) is 5.65. The maximum Gasteiger partial charge on any atom is 0.221 e. The topological polar surface area (TPSA) is 44.4 Å². The van der Waals surface area contributed by atoms with Crippen LogP contribution in [0.1, 0.15) is 45.4 Å². The van der Waals surface area contributed by atoms with E-state index in [0.29, 0.717) is 6.42 Å². The summed E-state index contributed by atoms with van der Waals surface area (Å²) in [5, 5.41) is 6.58. The number of amides is 1. The van der Waals surface area contributed by atoms with Crippen molar-refractivity contribution in [2.45, 2.75) is 50.7 Å².